The van der Waals surface area contributed by atoms with E-state index in [1.165, 1.54) is 4.90 Å². The lowest BCUT2D eigenvalue weighted by Gasteiger charge is -2.20. The minimum atomic E-state index is -1.01. The molecule has 194 valence electrons. The largest absolute Gasteiger partial charge is 0.480 e. The first-order chi connectivity index (χ1) is 17.9. The summed E-state index contributed by atoms with van der Waals surface area (Å²) in [6, 6.07) is 23.6. The molecule has 0 radical (unpaired) electrons. The van der Waals surface area contributed by atoms with Crippen LogP contribution in [0.25, 0.3) is 11.1 Å². The summed E-state index contributed by atoms with van der Waals surface area (Å²) in [6.07, 6.45) is 3.47. The van der Waals surface area contributed by atoms with Crippen molar-refractivity contribution in [3.63, 3.8) is 0 Å². The van der Waals surface area contributed by atoms with Crippen LogP contribution in [0.15, 0.2) is 77.7 Å². The van der Waals surface area contributed by atoms with Crippen molar-refractivity contribution < 1.29 is 14.7 Å². The van der Waals surface area contributed by atoms with E-state index < -0.39 is 12.0 Å². The van der Waals surface area contributed by atoms with Crippen LogP contribution < -0.4 is 5.32 Å². The summed E-state index contributed by atoms with van der Waals surface area (Å²) in [6.45, 7) is 4.92. The number of benzene rings is 3. The van der Waals surface area contributed by atoms with Gasteiger partial charge in [-0.1, -0.05) is 48.5 Å². The first-order valence-corrected chi connectivity index (χ1v) is 14.9. The van der Waals surface area contributed by atoms with E-state index in [1.54, 1.807) is 11.8 Å². The van der Waals surface area contributed by atoms with Crippen LogP contribution in [0, 0.1) is 6.92 Å². The minimum absolute atomic E-state index is 0.348. The lowest BCUT2D eigenvalue weighted by atomic mass is 9.93. The third-order valence-corrected chi connectivity index (χ3v) is 8.57. The van der Waals surface area contributed by atoms with Crippen molar-refractivity contribution in [2.45, 2.75) is 42.5 Å². The number of rotatable bonds is 11. The standard InChI is InChI=1S/C30H34N2O3S2/c1-21-8-6-7-11-25(21)27-18-22(12-13-26(27)29(33)31-28(30(34)35)15-17-36-2)19-32-16-14-24(20-32)37-23-9-4-3-5-10-23/h3-13,18,24,28H,14-17,19-20H2,1-2H3,(H,31,33)(H,34,35). The molecular weight excluding hydrogens is 500 g/mol. The van der Waals surface area contributed by atoms with E-state index in [-0.39, 0.29) is 5.91 Å². The van der Waals surface area contributed by atoms with Gasteiger partial charge in [-0.25, -0.2) is 4.79 Å². The Morgan fingerprint density at radius 3 is 2.54 bits per heavy atom. The van der Waals surface area contributed by atoms with Crippen molar-refractivity contribution >= 4 is 35.4 Å². The molecule has 3 aromatic carbocycles. The van der Waals surface area contributed by atoms with Gasteiger partial charge in [-0.3, -0.25) is 9.69 Å². The number of nitrogens with one attached hydrogen (secondary N) is 1. The molecule has 4 rings (SSSR count). The highest BCUT2D eigenvalue weighted by Gasteiger charge is 2.25. The van der Waals surface area contributed by atoms with Gasteiger partial charge in [0.25, 0.3) is 5.91 Å². The zero-order valence-electron chi connectivity index (χ0n) is 21.4. The number of nitrogens with zero attached hydrogens (tertiary/aromatic N) is 1. The minimum Gasteiger partial charge on any atom is -0.480 e. The Hall–Kier alpha value is -2.74. The predicted octanol–water partition coefficient (Wildman–Crippen LogP) is 5.96. The second-order valence-electron chi connectivity index (χ2n) is 9.42. The van der Waals surface area contributed by atoms with Crippen molar-refractivity contribution in [3.8, 4) is 11.1 Å². The van der Waals surface area contributed by atoms with Gasteiger partial charge in [-0.05, 0) is 84.8 Å². The fourth-order valence-corrected chi connectivity index (χ4v) is 6.38. The van der Waals surface area contributed by atoms with E-state index in [4.69, 9.17) is 0 Å². The van der Waals surface area contributed by atoms with Crippen LogP contribution in [0.4, 0.5) is 0 Å². The second kappa shape index (κ2) is 13.2. The molecule has 2 atom stereocenters. The molecule has 0 bridgehead atoms. The molecule has 1 heterocycles. The highest BCUT2D eigenvalue weighted by Crippen LogP contribution is 2.32. The topological polar surface area (TPSA) is 69.6 Å². The number of aliphatic carboxylic acids is 1. The molecule has 1 aliphatic rings. The van der Waals surface area contributed by atoms with Crippen LogP contribution in [0.3, 0.4) is 0 Å². The van der Waals surface area contributed by atoms with E-state index in [2.05, 4.69) is 40.5 Å². The number of amides is 1. The van der Waals surface area contributed by atoms with E-state index >= 15 is 0 Å². The van der Waals surface area contributed by atoms with Crippen LogP contribution >= 0.6 is 23.5 Å². The van der Waals surface area contributed by atoms with Gasteiger partial charge < -0.3 is 10.4 Å². The zero-order valence-corrected chi connectivity index (χ0v) is 23.0. The SMILES string of the molecule is CSCCC(NC(=O)c1ccc(CN2CCC(Sc3ccccc3)C2)cc1-c1ccccc1C)C(=O)O. The average molecular weight is 535 g/mol. The Kier molecular flexibility index (Phi) is 9.72. The quantitative estimate of drug-likeness (QED) is 0.316. The fraction of sp³-hybridized carbons (Fsp3) is 0.333. The normalized spacial score (nSPS) is 16.4. The van der Waals surface area contributed by atoms with Crippen molar-refractivity contribution in [2.24, 2.45) is 0 Å². The van der Waals surface area contributed by atoms with Crippen LogP contribution in [0.1, 0.15) is 34.3 Å². The average Bonchev–Trinajstić information content (AvgIpc) is 3.33. The monoisotopic (exact) mass is 534 g/mol. The highest BCUT2D eigenvalue weighted by atomic mass is 32.2. The molecule has 1 saturated heterocycles. The molecule has 37 heavy (non-hydrogen) atoms. The second-order valence-corrected chi connectivity index (χ2v) is 11.8. The number of hydrogen-bond acceptors (Lipinski definition) is 5. The van der Waals surface area contributed by atoms with E-state index in [9.17, 15) is 14.7 Å². The smallest absolute Gasteiger partial charge is 0.326 e. The first kappa shape index (κ1) is 27.3. The van der Waals surface area contributed by atoms with Crippen LogP contribution in [0.5, 0.6) is 0 Å². The molecule has 1 fully saturated rings. The summed E-state index contributed by atoms with van der Waals surface area (Å²) in [4.78, 5) is 28.8. The van der Waals surface area contributed by atoms with E-state index in [0.717, 1.165) is 48.3 Å². The Balaban J connectivity index is 1.53. The number of aryl methyl sites for hydroxylation is 1. The summed E-state index contributed by atoms with van der Waals surface area (Å²) in [5.74, 6) is -0.688. The van der Waals surface area contributed by atoms with Gasteiger partial charge in [-0.15, -0.1) is 11.8 Å². The Morgan fingerprint density at radius 1 is 1.05 bits per heavy atom. The van der Waals surface area contributed by atoms with Crippen LogP contribution in [0.2, 0.25) is 0 Å². The molecule has 2 N–H and O–H groups in total. The predicted molar refractivity (Wildman–Crippen MR) is 154 cm³/mol. The van der Waals surface area contributed by atoms with Crippen molar-refractivity contribution in [2.75, 3.05) is 25.1 Å². The number of carbonyl (C=O) groups excluding carboxylic acids is 1. The van der Waals surface area contributed by atoms with E-state index in [0.29, 0.717) is 23.0 Å². The Bertz CT molecular complexity index is 1220. The van der Waals surface area contributed by atoms with Crippen molar-refractivity contribution in [1.29, 1.82) is 0 Å². The molecule has 0 aliphatic carbocycles. The molecule has 7 heteroatoms. The maximum absolute atomic E-state index is 13.3. The Labute approximate surface area is 228 Å². The molecule has 1 aliphatic heterocycles. The van der Waals surface area contributed by atoms with Gasteiger partial charge in [-0.2, -0.15) is 11.8 Å². The molecule has 2 unspecified atom stereocenters. The van der Waals surface area contributed by atoms with Gasteiger partial charge in [0.2, 0.25) is 0 Å². The van der Waals surface area contributed by atoms with E-state index in [1.807, 2.05) is 67.4 Å². The number of carboxylic acid groups (broad SMARTS) is 1. The van der Waals surface area contributed by atoms with Gasteiger partial charge in [0.15, 0.2) is 0 Å². The van der Waals surface area contributed by atoms with Crippen LogP contribution in [-0.2, 0) is 11.3 Å². The number of carbonyl (C=O) groups is 2. The molecule has 3 aromatic rings. The summed E-state index contributed by atoms with van der Waals surface area (Å²) in [7, 11) is 0. The summed E-state index contributed by atoms with van der Waals surface area (Å²) in [5, 5.41) is 12.9. The molecule has 5 nitrogen and oxygen atoms in total. The van der Waals surface area contributed by atoms with Gasteiger partial charge in [0, 0.05) is 28.8 Å². The maximum Gasteiger partial charge on any atom is 0.326 e. The third kappa shape index (κ3) is 7.40. The lowest BCUT2D eigenvalue weighted by Crippen LogP contribution is -2.41. The number of hydrogen-bond donors (Lipinski definition) is 2. The highest BCUT2D eigenvalue weighted by molar-refractivity contribution is 8.00. The number of thioether (sulfide) groups is 2. The molecule has 0 saturated carbocycles. The molecular formula is C30H34N2O3S2. The van der Waals surface area contributed by atoms with Crippen molar-refractivity contribution in [3.05, 3.63) is 89.5 Å². The van der Waals surface area contributed by atoms with Crippen LogP contribution in [-0.4, -0.2) is 58.3 Å². The first-order valence-electron chi connectivity index (χ1n) is 12.6. The summed E-state index contributed by atoms with van der Waals surface area (Å²) in [5.41, 5.74) is 4.57. The molecule has 0 spiro atoms. The zero-order chi connectivity index (χ0) is 26.2. The fourth-order valence-electron chi connectivity index (χ4n) is 4.70. The van der Waals surface area contributed by atoms with Gasteiger partial charge >= 0.3 is 5.97 Å². The maximum atomic E-state index is 13.3. The lowest BCUT2D eigenvalue weighted by molar-refractivity contribution is -0.139. The Morgan fingerprint density at radius 2 is 1.81 bits per heavy atom. The van der Waals surface area contributed by atoms with Crippen molar-refractivity contribution in [1.82, 2.24) is 10.2 Å². The molecule has 0 aromatic heterocycles. The van der Waals surface area contributed by atoms with Gasteiger partial charge in [0.1, 0.15) is 6.04 Å². The third-order valence-electron chi connectivity index (χ3n) is 6.66. The van der Waals surface area contributed by atoms with Gasteiger partial charge in [0.05, 0.1) is 0 Å². The summed E-state index contributed by atoms with van der Waals surface area (Å²) >= 11 is 3.51. The summed E-state index contributed by atoms with van der Waals surface area (Å²) < 4.78 is 0. The molecule has 1 amide bonds. The number of likely N-dealkylation sites (tertiary alicyclic amines) is 1. The number of carboxylic acids is 1.